The van der Waals surface area contributed by atoms with Crippen molar-refractivity contribution in [3.63, 3.8) is 0 Å². The van der Waals surface area contributed by atoms with Crippen LogP contribution in [0.1, 0.15) is 18.1 Å². The molecule has 0 spiro atoms. The Morgan fingerprint density at radius 3 is 2.62 bits per heavy atom. The number of H-pyrrole nitrogens is 1. The van der Waals surface area contributed by atoms with E-state index in [1.165, 1.54) is 0 Å². The molecule has 0 saturated heterocycles. The monoisotopic (exact) mass is 277 g/mol. The Kier molecular flexibility index (Phi) is 3.28. The molecule has 1 amide bonds. The number of benzene rings is 1. The summed E-state index contributed by atoms with van der Waals surface area (Å²) in [7, 11) is 0. The summed E-state index contributed by atoms with van der Waals surface area (Å²) in [5, 5.41) is 0.977. The van der Waals surface area contributed by atoms with Gasteiger partial charge in [0.2, 0.25) is 5.91 Å². The van der Waals surface area contributed by atoms with E-state index in [0.29, 0.717) is 5.57 Å². The molecule has 4 heteroatoms. The first-order chi connectivity index (χ1) is 10.2. The fraction of sp³-hybridized carbons (Fsp3) is 0.0588. The van der Waals surface area contributed by atoms with Gasteiger partial charge in [0.05, 0.1) is 0 Å². The molecule has 104 valence electrons. The van der Waals surface area contributed by atoms with E-state index in [2.05, 4.69) is 9.97 Å². The minimum atomic E-state index is -0.433. The van der Waals surface area contributed by atoms with E-state index in [0.717, 1.165) is 27.7 Å². The topological polar surface area (TPSA) is 71.8 Å². The van der Waals surface area contributed by atoms with Gasteiger partial charge in [-0.15, -0.1) is 0 Å². The number of carbonyl (C=O) groups excluding carboxylic acids is 1. The highest BCUT2D eigenvalue weighted by Gasteiger charge is 2.15. The molecule has 0 fully saturated rings. The number of carbonyl (C=O) groups is 1. The largest absolute Gasteiger partial charge is 0.366 e. The molecule has 0 radical (unpaired) electrons. The van der Waals surface area contributed by atoms with Crippen LogP contribution in [0.2, 0.25) is 0 Å². The molecule has 0 aliphatic rings. The van der Waals surface area contributed by atoms with Gasteiger partial charge in [0.25, 0.3) is 0 Å². The van der Waals surface area contributed by atoms with Crippen molar-refractivity contribution in [2.75, 3.05) is 0 Å². The van der Waals surface area contributed by atoms with Gasteiger partial charge in [0.1, 0.15) is 5.65 Å². The van der Waals surface area contributed by atoms with Crippen molar-refractivity contribution in [2.24, 2.45) is 5.73 Å². The number of primary amides is 1. The first-order valence-electron chi connectivity index (χ1n) is 6.67. The number of nitrogens with one attached hydrogen (secondary N) is 1. The molecule has 1 aromatic carbocycles. The van der Waals surface area contributed by atoms with Crippen molar-refractivity contribution < 1.29 is 4.79 Å². The fourth-order valence-corrected chi connectivity index (χ4v) is 2.55. The van der Waals surface area contributed by atoms with E-state index < -0.39 is 5.91 Å². The molecule has 4 nitrogen and oxygen atoms in total. The average molecular weight is 277 g/mol. The zero-order valence-electron chi connectivity index (χ0n) is 11.6. The maximum Gasteiger partial charge on any atom is 0.249 e. The molecule has 2 heterocycles. The van der Waals surface area contributed by atoms with Gasteiger partial charge in [-0.1, -0.05) is 30.3 Å². The van der Waals surface area contributed by atoms with Crippen molar-refractivity contribution in [3.05, 3.63) is 66.0 Å². The molecule has 3 rings (SSSR count). The summed E-state index contributed by atoms with van der Waals surface area (Å²) in [4.78, 5) is 19.3. The Hall–Kier alpha value is -2.88. The highest BCUT2D eigenvalue weighted by molar-refractivity contribution is 6.27. The molecule has 3 N–H and O–H groups in total. The van der Waals surface area contributed by atoms with Gasteiger partial charge >= 0.3 is 0 Å². The molecular weight excluding hydrogens is 262 g/mol. The van der Waals surface area contributed by atoms with E-state index in [1.807, 2.05) is 55.6 Å². The number of aromatic amines is 1. The van der Waals surface area contributed by atoms with Gasteiger partial charge in [-0.2, -0.15) is 0 Å². The van der Waals surface area contributed by atoms with Crippen molar-refractivity contribution in [1.82, 2.24) is 9.97 Å². The van der Waals surface area contributed by atoms with E-state index in [4.69, 9.17) is 5.73 Å². The molecule has 0 bridgehead atoms. The molecule has 21 heavy (non-hydrogen) atoms. The third-order valence-corrected chi connectivity index (χ3v) is 3.54. The lowest BCUT2D eigenvalue weighted by molar-refractivity contribution is -0.112. The number of amides is 1. The molecule has 0 unspecified atom stereocenters. The van der Waals surface area contributed by atoms with Gasteiger partial charge < -0.3 is 10.7 Å². The van der Waals surface area contributed by atoms with Crippen LogP contribution in [0.5, 0.6) is 0 Å². The number of fused-ring (bicyclic) bond motifs is 1. The maximum atomic E-state index is 11.9. The van der Waals surface area contributed by atoms with E-state index in [1.54, 1.807) is 6.20 Å². The molecule has 0 aliphatic carbocycles. The Balaban J connectivity index is 2.25. The molecular formula is C17H15N3O. The van der Waals surface area contributed by atoms with Crippen molar-refractivity contribution in [1.29, 1.82) is 0 Å². The van der Waals surface area contributed by atoms with Gasteiger partial charge in [0.15, 0.2) is 0 Å². The lowest BCUT2D eigenvalue weighted by Crippen LogP contribution is -2.14. The second-order valence-electron chi connectivity index (χ2n) is 4.83. The summed E-state index contributed by atoms with van der Waals surface area (Å²) in [5.41, 5.74) is 9.52. The van der Waals surface area contributed by atoms with Crippen LogP contribution >= 0.6 is 0 Å². The fourth-order valence-electron chi connectivity index (χ4n) is 2.55. The van der Waals surface area contributed by atoms with E-state index in [9.17, 15) is 4.79 Å². The number of rotatable bonds is 3. The molecule has 3 aromatic rings. The summed E-state index contributed by atoms with van der Waals surface area (Å²) in [5.74, 6) is -0.433. The second kappa shape index (κ2) is 5.25. The third-order valence-electron chi connectivity index (χ3n) is 3.54. The number of aromatic nitrogens is 2. The first-order valence-corrected chi connectivity index (χ1v) is 6.67. The Morgan fingerprint density at radius 1 is 1.14 bits per heavy atom. The lowest BCUT2D eigenvalue weighted by Gasteiger charge is -2.09. The molecule has 2 aromatic heterocycles. The smallest absolute Gasteiger partial charge is 0.249 e. The number of nitrogens with zero attached hydrogens (tertiary/aromatic N) is 1. The Labute approximate surface area is 122 Å². The minimum absolute atomic E-state index is 0.433. The molecule has 0 aliphatic heterocycles. The summed E-state index contributed by atoms with van der Waals surface area (Å²) in [6.45, 7) is 1.91. The van der Waals surface area contributed by atoms with Crippen molar-refractivity contribution in [2.45, 2.75) is 6.92 Å². The van der Waals surface area contributed by atoms with Crippen LogP contribution in [-0.2, 0) is 4.79 Å². The lowest BCUT2D eigenvalue weighted by atomic mass is 9.95. The SMILES string of the molecule is CC(=C(C(N)=O)c1ccccc1)c1c[nH]c2ncccc12. The minimum Gasteiger partial charge on any atom is -0.366 e. The van der Waals surface area contributed by atoms with Gasteiger partial charge in [-0.25, -0.2) is 4.98 Å². The zero-order chi connectivity index (χ0) is 14.8. The van der Waals surface area contributed by atoms with Crippen LogP contribution in [0, 0.1) is 0 Å². The van der Waals surface area contributed by atoms with Crippen LogP contribution in [0.15, 0.2) is 54.9 Å². The number of pyridine rings is 1. The summed E-state index contributed by atoms with van der Waals surface area (Å²) in [6, 6.07) is 13.3. The highest BCUT2D eigenvalue weighted by atomic mass is 16.1. The predicted octanol–water partition coefficient (Wildman–Crippen LogP) is 2.98. The third kappa shape index (κ3) is 2.31. The summed E-state index contributed by atoms with van der Waals surface area (Å²) < 4.78 is 0. The predicted molar refractivity (Wildman–Crippen MR) is 84.2 cm³/mol. The number of hydrogen-bond acceptors (Lipinski definition) is 2. The van der Waals surface area contributed by atoms with E-state index in [-0.39, 0.29) is 0 Å². The highest BCUT2D eigenvalue weighted by Crippen LogP contribution is 2.30. The van der Waals surface area contributed by atoms with E-state index >= 15 is 0 Å². The number of allylic oxidation sites excluding steroid dienone is 1. The van der Waals surface area contributed by atoms with Crippen LogP contribution in [0.3, 0.4) is 0 Å². The normalized spacial score (nSPS) is 12.2. The van der Waals surface area contributed by atoms with Gasteiger partial charge in [-0.05, 0) is 30.2 Å². The number of nitrogens with two attached hydrogens (primary N) is 1. The van der Waals surface area contributed by atoms with Crippen LogP contribution < -0.4 is 5.73 Å². The van der Waals surface area contributed by atoms with Gasteiger partial charge in [0, 0.05) is 28.9 Å². The molecule has 0 saturated carbocycles. The van der Waals surface area contributed by atoms with Crippen LogP contribution in [0.4, 0.5) is 0 Å². The van der Waals surface area contributed by atoms with Crippen molar-refractivity contribution >= 4 is 28.1 Å². The first kappa shape index (κ1) is 13.1. The zero-order valence-corrected chi connectivity index (χ0v) is 11.6. The number of hydrogen-bond donors (Lipinski definition) is 2. The maximum absolute atomic E-state index is 11.9. The Bertz CT molecular complexity index is 831. The quantitative estimate of drug-likeness (QED) is 0.722. The van der Waals surface area contributed by atoms with Crippen LogP contribution in [-0.4, -0.2) is 15.9 Å². The molecule has 0 atom stereocenters. The Morgan fingerprint density at radius 2 is 1.90 bits per heavy atom. The van der Waals surface area contributed by atoms with Crippen molar-refractivity contribution in [3.8, 4) is 0 Å². The summed E-state index contributed by atoms with van der Waals surface area (Å²) >= 11 is 0. The second-order valence-corrected chi connectivity index (χ2v) is 4.83. The summed E-state index contributed by atoms with van der Waals surface area (Å²) in [6.07, 6.45) is 3.59. The standard InChI is InChI=1S/C17H15N3O/c1-11(14-10-20-17-13(14)8-5-9-19-17)15(16(18)21)12-6-3-2-4-7-12/h2-10H,1H3,(H2,18,21)(H,19,20). The van der Waals surface area contributed by atoms with Gasteiger partial charge in [-0.3, -0.25) is 4.79 Å². The average Bonchev–Trinajstić information content (AvgIpc) is 2.92. The van der Waals surface area contributed by atoms with Crippen LogP contribution in [0.25, 0.3) is 22.2 Å².